The fourth-order valence-corrected chi connectivity index (χ4v) is 5.33. The van der Waals surface area contributed by atoms with Crippen molar-refractivity contribution in [2.45, 2.75) is 70.9 Å². The van der Waals surface area contributed by atoms with Gasteiger partial charge in [0.25, 0.3) is 0 Å². The summed E-state index contributed by atoms with van der Waals surface area (Å²) in [6.45, 7) is 9.32. The molecule has 0 aliphatic carbocycles. The number of nitrogens with one attached hydrogen (secondary N) is 2. The molecule has 9 heteroatoms. The van der Waals surface area contributed by atoms with E-state index >= 15 is 0 Å². The Labute approximate surface area is 229 Å². The molecule has 2 amide bonds. The summed E-state index contributed by atoms with van der Waals surface area (Å²) in [6.07, 6.45) is -0.0296. The van der Waals surface area contributed by atoms with Gasteiger partial charge in [-0.15, -0.1) is 0 Å². The maximum absolute atomic E-state index is 14.1. The highest BCUT2D eigenvalue weighted by molar-refractivity contribution is 5.86. The van der Waals surface area contributed by atoms with Crippen molar-refractivity contribution in [1.29, 1.82) is 0 Å². The van der Waals surface area contributed by atoms with E-state index in [1.807, 2.05) is 30.3 Å². The molecule has 39 heavy (non-hydrogen) atoms. The van der Waals surface area contributed by atoms with Crippen LogP contribution in [0.1, 0.15) is 57.9 Å². The average molecular weight is 544 g/mol. The molecule has 0 spiro atoms. The highest BCUT2D eigenvalue weighted by Crippen LogP contribution is 2.37. The molecule has 2 aromatic carbocycles. The Morgan fingerprint density at radius 2 is 1.69 bits per heavy atom. The van der Waals surface area contributed by atoms with Crippen LogP contribution in [0.5, 0.6) is 0 Å². The third kappa shape index (κ3) is 7.21. The topological polar surface area (TPSA) is 79.9 Å². The number of benzene rings is 2. The van der Waals surface area contributed by atoms with Crippen LogP contribution >= 0.6 is 0 Å². The van der Waals surface area contributed by atoms with Crippen LogP contribution in [0.4, 0.5) is 8.78 Å². The molecule has 7 nitrogen and oxygen atoms in total. The largest absolute Gasteiger partial charge is 0.381 e. The van der Waals surface area contributed by atoms with Crippen molar-refractivity contribution in [3.8, 4) is 0 Å². The van der Waals surface area contributed by atoms with Crippen LogP contribution in [-0.4, -0.2) is 60.7 Å². The molecule has 0 radical (unpaired) electrons. The van der Waals surface area contributed by atoms with E-state index in [1.165, 1.54) is 19.1 Å². The minimum absolute atomic E-state index is 0.0766. The number of hydrogen-bond donors (Lipinski definition) is 2. The van der Waals surface area contributed by atoms with E-state index in [1.54, 1.807) is 4.90 Å². The Morgan fingerprint density at radius 3 is 2.28 bits per heavy atom. The second-order valence-corrected chi connectivity index (χ2v) is 11.7. The summed E-state index contributed by atoms with van der Waals surface area (Å²) >= 11 is 0. The van der Waals surface area contributed by atoms with E-state index in [4.69, 9.17) is 9.47 Å². The minimum Gasteiger partial charge on any atom is -0.381 e. The van der Waals surface area contributed by atoms with Crippen LogP contribution in [0.15, 0.2) is 48.5 Å². The highest BCUT2D eigenvalue weighted by atomic mass is 19.1. The minimum atomic E-state index is -0.853. The fourth-order valence-electron chi connectivity index (χ4n) is 5.33. The lowest BCUT2D eigenvalue weighted by Crippen LogP contribution is -2.62. The zero-order valence-electron chi connectivity index (χ0n) is 23.1. The number of hydrogen-bond acceptors (Lipinski definition) is 5. The first-order chi connectivity index (χ1) is 18.5. The summed E-state index contributed by atoms with van der Waals surface area (Å²) < 4.78 is 40.2. The summed E-state index contributed by atoms with van der Waals surface area (Å²) in [7, 11) is 0. The second kappa shape index (κ2) is 12.1. The molecule has 3 unspecified atom stereocenters. The number of nitrogens with zero attached hydrogens (tertiary/aromatic N) is 1. The molecule has 4 rings (SSSR count). The molecular formula is C30H39F2N3O4. The Balaban J connectivity index is 1.62. The lowest BCUT2D eigenvalue weighted by molar-refractivity contribution is -0.135. The molecule has 0 saturated carbocycles. The molecule has 212 valence electrons. The number of carbonyl (C=O) groups excluding carboxylic acids is 2. The molecule has 0 bridgehead atoms. The van der Waals surface area contributed by atoms with Gasteiger partial charge in [0.2, 0.25) is 11.8 Å². The summed E-state index contributed by atoms with van der Waals surface area (Å²) in [5, 5.41) is 6.57. The van der Waals surface area contributed by atoms with Crippen molar-refractivity contribution < 1.29 is 27.8 Å². The van der Waals surface area contributed by atoms with Crippen molar-refractivity contribution in [3.63, 3.8) is 0 Å². The van der Waals surface area contributed by atoms with Crippen LogP contribution in [0.25, 0.3) is 0 Å². The summed E-state index contributed by atoms with van der Waals surface area (Å²) in [6, 6.07) is 12.3. The van der Waals surface area contributed by atoms with Crippen molar-refractivity contribution in [2.75, 3.05) is 26.3 Å². The molecule has 2 fully saturated rings. The molecule has 2 saturated heterocycles. The Hall–Kier alpha value is -2.88. The molecule has 2 aliphatic rings. The molecule has 2 aliphatic heterocycles. The smallest absolute Gasteiger partial charge is 0.240 e. The normalized spacial score (nSPS) is 23.0. The summed E-state index contributed by atoms with van der Waals surface area (Å²) in [5.41, 5.74) is 0.297. The van der Waals surface area contributed by atoms with E-state index in [9.17, 15) is 18.4 Å². The Bertz CT molecular complexity index is 1130. The first-order valence-corrected chi connectivity index (χ1v) is 13.5. The van der Waals surface area contributed by atoms with Crippen molar-refractivity contribution in [2.24, 2.45) is 5.41 Å². The van der Waals surface area contributed by atoms with Crippen LogP contribution in [0.2, 0.25) is 0 Å². The Kier molecular flexibility index (Phi) is 9.03. The van der Waals surface area contributed by atoms with Gasteiger partial charge in [0, 0.05) is 44.9 Å². The van der Waals surface area contributed by atoms with E-state index < -0.39 is 35.5 Å². The molecule has 2 heterocycles. The molecule has 3 atom stereocenters. The number of carbonyl (C=O) groups is 2. The maximum Gasteiger partial charge on any atom is 0.240 e. The number of halogens is 2. The molecule has 0 aromatic heterocycles. The van der Waals surface area contributed by atoms with Crippen molar-refractivity contribution in [3.05, 3.63) is 71.3 Å². The van der Waals surface area contributed by atoms with E-state index in [0.717, 1.165) is 11.6 Å². The zero-order valence-corrected chi connectivity index (χ0v) is 23.1. The second-order valence-electron chi connectivity index (χ2n) is 11.7. The van der Waals surface area contributed by atoms with Crippen LogP contribution < -0.4 is 10.6 Å². The third-order valence-corrected chi connectivity index (χ3v) is 7.36. The van der Waals surface area contributed by atoms with Gasteiger partial charge in [0.1, 0.15) is 17.2 Å². The SMILES string of the molecule is CC(=O)N1C(c2ccccc2)OC(CNC2(C(=O)NCC(C)(C)C)CCOCC2)C1Cc1cc(F)cc(F)c1. The van der Waals surface area contributed by atoms with Gasteiger partial charge in [-0.1, -0.05) is 51.1 Å². The predicted octanol–water partition coefficient (Wildman–Crippen LogP) is 4.12. The first-order valence-electron chi connectivity index (χ1n) is 13.5. The van der Waals surface area contributed by atoms with Gasteiger partial charge in [-0.05, 0) is 42.4 Å². The molecule has 2 N–H and O–H groups in total. The van der Waals surface area contributed by atoms with Gasteiger partial charge >= 0.3 is 0 Å². The molecular weight excluding hydrogens is 504 g/mol. The number of amides is 2. The number of ether oxygens (including phenoxy) is 2. The van der Waals surface area contributed by atoms with Crippen LogP contribution in [-0.2, 0) is 25.5 Å². The van der Waals surface area contributed by atoms with Gasteiger partial charge in [0.05, 0.1) is 12.1 Å². The van der Waals surface area contributed by atoms with Gasteiger partial charge < -0.3 is 25.0 Å². The quantitative estimate of drug-likeness (QED) is 0.524. The third-order valence-electron chi connectivity index (χ3n) is 7.36. The lowest BCUT2D eigenvalue weighted by atomic mass is 9.87. The zero-order chi connectivity index (χ0) is 28.2. The highest BCUT2D eigenvalue weighted by Gasteiger charge is 2.47. The summed E-state index contributed by atoms with van der Waals surface area (Å²) in [5.74, 6) is -1.66. The van der Waals surface area contributed by atoms with Gasteiger partial charge in [0.15, 0.2) is 6.23 Å². The van der Waals surface area contributed by atoms with Gasteiger partial charge in [-0.2, -0.15) is 0 Å². The van der Waals surface area contributed by atoms with Crippen LogP contribution in [0.3, 0.4) is 0 Å². The van der Waals surface area contributed by atoms with E-state index in [-0.39, 0.29) is 30.2 Å². The fraction of sp³-hybridized carbons (Fsp3) is 0.533. The van der Waals surface area contributed by atoms with E-state index in [2.05, 4.69) is 31.4 Å². The van der Waals surface area contributed by atoms with E-state index in [0.29, 0.717) is 38.2 Å². The molecule has 2 aromatic rings. The Morgan fingerprint density at radius 1 is 1.05 bits per heavy atom. The van der Waals surface area contributed by atoms with Crippen molar-refractivity contribution >= 4 is 11.8 Å². The predicted molar refractivity (Wildman–Crippen MR) is 144 cm³/mol. The first kappa shape index (κ1) is 29.1. The number of rotatable bonds is 8. The summed E-state index contributed by atoms with van der Waals surface area (Å²) in [4.78, 5) is 28.1. The monoisotopic (exact) mass is 543 g/mol. The van der Waals surface area contributed by atoms with Crippen LogP contribution in [0, 0.1) is 17.0 Å². The standard InChI is InChI=1S/C30H39F2N3O4/c1-20(36)35-25(16-21-14-23(31)17-24(32)15-21)26(39-27(35)22-8-6-5-7-9-22)18-34-30(10-12-38-13-11-30)28(37)33-19-29(2,3)4/h5-9,14-15,17,25-27,34H,10-13,16,18-19H2,1-4H3,(H,33,37). The van der Waals surface area contributed by atoms with Crippen molar-refractivity contribution in [1.82, 2.24) is 15.5 Å². The van der Waals surface area contributed by atoms with Gasteiger partial charge in [-0.3, -0.25) is 9.59 Å². The van der Waals surface area contributed by atoms with Gasteiger partial charge in [-0.25, -0.2) is 8.78 Å². The maximum atomic E-state index is 14.1. The average Bonchev–Trinajstić information content (AvgIpc) is 3.24. The lowest BCUT2D eigenvalue weighted by Gasteiger charge is -2.38.